The molecular formula is C10H20N2O8. The van der Waals surface area contributed by atoms with E-state index in [0.29, 0.717) is 0 Å². The van der Waals surface area contributed by atoms with E-state index in [1.165, 1.54) is 5.48 Å². The maximum absolute atomic E-state index is 10.7. The molecule has 5 atom stereocenters. The van der Waals surface area contributed by atoms with Gasteiger partial charge in [-0.1, -0.05) is 0 Å². The maximum atomic E-state index is 10.7. The molecule has 2 unspecified atom stereocenters. The first kappa shape index (κ1) is 17.0. The van der Waals surface area contributed by atoms with Gasteiger partial charge in [-0.05, 0) is 6.42 Å². The molecule has 10 heteroatoms. The fraction of sp³-hybridized carbons (Fsp3) is 0.900. The van der Waals surface area contributed by atoms with E-state index in [1.54, 1.807) is 0 Å². The average molecular weight is 296 g/mol. The van der Waals surface area contributed by atoms with Crippen LogP contribution in [0, 0.1) is 0 Å². The van der Waals surface area contributed by atoms with E-state index in [0.717, 1.165) is 0 Å². The average Bonchev–Trinajstić information content (AvgIpc) is 2.43. The number of rotatable bonds is 6. The second-order valence-electron chi connectivity index (χ2n) is 4.26. The van der Waals surface area contributed by atoms with Crippen molar-refractivity contribution in [3.8, 4) is 0 Å². The summed E-state index contributed by atoms with van der Waals surface area (Å²) in [6.07, 6.45) is -6.12. The van der Waals surface area contributed by atoms with Gasteiger partial charge < -0.3 is 35.2 Å². The summed E-state index contributed by atoms with van der Waals surface area (Å²) < 4.78 is 10.1. The van der Waals surface area contributed by atoms with Crippen LogP contribution in [0.4, 0.5) is 4.79 Å². The SMILES string of the molecule is O=C(NO)NCCO[C@H]1[C@H](O)C(CCO)OC(O)[C@@H]1O. The zero-order chi connectivity index (χ0) is 15.1. The molecule has 0 aromatic rings. The van der Waals surface area contributed by atoms with Crippen LogP contribution in [-0.2, 0) is 9.47 Å². The lowest BCUT2D eigenvalue weighted by atomic mass is 9.97. The summed E-state index contributed by atoms with van der Waals surface area (Å²) >= 11 is 0. The van der Waals surface area contributed by atoms with Crippen molar-refractivity contribution < 1.29 is 39.9 Å². The maximum Gasteiger partial charge on any atom is 0.338 e. The highest BCUT2D eigenvalue weighted by Crippen LogP contribution is 2.24. The fourth-order valence-electron chi connectivity index (χ4n) is 1.88. The Morgan fingerprint density at radius 3 is 2.55 bits per heavy atom. The first-order valence-corrected chi connectivity index (χ1v) is 6.11. The number of aliphatic hydroxyl groups is 4. The third-order valence-corrected chi connectivity index (χ3v) is 2.87. The number of nitrogens with one attached hydrogen (secondary N) is 2. The van der Waals surface area contributed by atoms with Crippen molar-refractivity contribution in [2.45, 2.75) is 37.1 Å². The second kappa shape index (κ2) is 8.32. The summed E-state index contributed by atoms with van der Waals surface area (Å²) in [5, 5.41) is 48.4. The molecule has 0 aliphatic carbocycles. The molecule has 10 nitrogen and oxygen atoms in total. The predicted octanol–water partition coefficient (Wildman–Crippen LogP) is -3.12. The minimum atomic E-state index is -1.53. The van der Waals surface area contributed by atoms with Crippen LogP contribution in [0.25, 0.3) is 0 Å². The molecule has 0 spiro atoms. The largest absolute Gasteiger partial charge is 0.396 e. The topological polar surface area (TPSA) is 161 Å². The van der Waals surface area contributed by atoms with Crippen LogP contribution in [-0.4, -0.2) is 82.1 Å². The Morgan fingerprint density at radius 1 is 1.25 bits per heavy atom. The molecular weight excluding hydrogens is 276 g/mol. The first-order chi connectivity index (χ1) is 9.51. The molecule has 1 rings (SSSR count). The lowest BCUT2D eigenvalue weighted by Gasteiger charge is -2.40. The molecule has 7 N–H and O–H groups in total. The number of carbonyl (C=O) groups excluding carboxylic acids is 1. The van der Waals surface area contributed by atoms with Crippen molar-refractivity contribution >= 4 is 6.03 Å². The Kier molecular flexibility index (Phi) is 7.09. The summed E-state index contributed by atoms with van der Waals surface area (Å²) in [5.41, 5.74) is 1.36. The third kappa shape index (κ3) is 4.52. The van der Waals surface area contributed by atoms with Crippen LogP contribution < -0.4 is 10.8 Å². The van der Waals surface area contributed by atoms with E-state index in [-0.39, 0.29) is 26.2 Å². The highest BCUT2D eigenvalue weighted by atomic mass is 16.6. The predicted molar refractivity (Wildman–Crippen MR) is 62.7 cm³/mol. The van der Waals surface area contributed by atoms with Crippen LogP contribution in [0.3, 0.4) is 0 Å². The molecule has 0 radical (unpaired) electrons. The monoisotopic (exact) mass is 296 g/mol. The molecule has 0 saturated carbocycles. The molecule has 118 valence electrons. The number of hydrogen-bond donors (Lipinski definition) is 7. The van der Waals surface area contributed by atoms with E-state index < -0.39 is 36.7 Å². The number of carbonyl (C=O) groups is 1. The summed E-state index contributed by atoms with van der Waals surface area (Å²) in [7, 11) is 0. The van der Waals surface area contributed by atoms with Gasteiger partial charge in [-0.25, -0.2) is 10.3 Å². The Hall–Kier alpha value is -1.01. The van der Waals surface area contributed by atoms with Crippen molar-refractivity contribution in [2.75, 3.05) is 19.8 Å². The Labute approximate surface area is 114 Å². The van der Waals surface area contributed by atoms with Gasteiger partial charge in [-0.2, -0.15) is 0 Å². The molecule has 1 fully saturated rings. The van der Waals surface area contributed by atoms with Gasteiger partial charge >= 0.3 is 6.03 Å². The number of urea groups is 1. The molecule has 1 aliphatic rings. The Morgan fingerprint density at radius 2 is 1.95 bits per heavy atom. The summed E-state index contributed by atoms with van der Waals surface area (Å²) in [6.45, 7) is -0.301. The van der Waals surface area contributed by atoms with Crippen molar-refractivity contribution in [3.63, 3.8) is 0 Å². The van der Waals surface area contributed by atoms with Gasteiger partial charge in [0.25, 0.3) is 0 Å². The summed E-state index contributed by atoms with van der Waals surface area (Å²) in [4.78, 5) is 10.7. The highest BCUT2D eigenvalue weighted by molar-refractivity contribution is 5.72. The van der Waals surface area contributed by atoms with Gasteiger partial charge in [-0.15, -0.1) is 0 Å². The molecule has 0 aromatic heterocycles. The Balaban J connectivity index is 2.45. The summed E-state index contributed by atoms with van der Waals surface area (Å²) in [6, 6.07) is -0.820. The number of hydrogen-bond acceptors (Lipinski definition) is 8. The number of ether oxygens (including phenoxy) is 2. The second-order valence-corrected chi connectivity index (χ2v) is 4.26. The van der Waals surface area contributed by atoms with Crippen molar-refractivity contribution in [3.05, 3.63) is 0 Å². The summed E-state index contributed by atoms with van der Waals surface area (Å²) in [5.74, 6) is 0. The lowest BCUT2D eigenvalue weighted by molar-refractivity contribution is -0.291. The van der Waals surface area contributed by atoms with E-state index in [2.05, 4.69) is 5.32 Å². The van der Waals surface area contributed by atoms with Crippen molar-refractivity contribution in [1.82, 2.24) is 10.8 Å². The van der Waals surface area contributed by atoms with E-state index in [9.17, 15) is 20.1 Å². The van der Waals surface area contributed by atoms with Crippen molar-refractivity contribution in [2.24, 2.45) is 0 Å². The van der Waals surface area contributed by atoms with Crippen LogP contribution in [0.1, 0.15) is 6.42 Å². The number of aliphatic hydroxyl groups excluding tert-OH is 4. The van der Waals surface area contributed by atoms with Gasteiger partial charge in [-0.3, -0.25) is 5.21 Å². The quantitative estimate of drug-likeness (QED) is 0.154. The van der Waals surface area contributed by atoms with Gasteiger partial charge in [0.05, 0.1) is 12.7 Å². The normalized spacial score (nSPS) is 33.8. The highest BCUT2D eigenvalue weighted by Gasteiger charge is 2.44. The number of amides is 2. The first-order valence-electron chi connectivity index (χ1n) is 6.11. The third-order valence-electron chi connectivity index (χ3n) is 2.87. The lowest BCUT2D eigenvalue weighted by Crippen LogP contribution is -2.59. The van der Waals surface area contributed by atoms with Gasteiger partial charge in [0, 0.05) is 13.2 Å². The fourth-order valence-corrected chi connectivity index (χ4v) is 1.88. The minimum Gasteiger partial charge on any atom is -0.396 e. The molecule has 20 heavy (non-hydrogen) atoms. The number of hydroxylamine groups is 1. The Bertz CT molecular complexity index is 305. The van der Waals surface area contributed by atoms with E-state index >= 15 is 0 Å². The van der Waals surface area contributed by atoms with Gasteiger partial charge in [0.15, 0.2) is 6.29 Å². The zero-order valence-electron chi connectivity index (χ0n) is 10.7. The van der Waals surface area contributed by atoms with Crippen molar-refractivity contribution in [1.29, 1.82) is 0 Å². The van der Waals surface area contributed by atoms with E-state index in [4.69, 9.17) is 19.8 Å². The van der Waals surface area contributed by atoms with Crippen LogP contribution in [0.5, 0.6) is 0 Å². The minimum absolute atomic E-state index is 0.0178. The van der Waals surface area contributed by atoms with Crippen LogP contribution in [0.2, 0.25) is 0 Å². The molecule has 1 saturated heterocycles. The molecule has 1 aliphatic heterocycles. The molecule has 0 bridgehead atoms. The van der Waals surface area contributed by atoms with Crippen LogP contribution >= 0.6 is 0 Å². The van der Waals surface area contributed by atoms with Crippen LogP contribution in [0.15, 0.2) is 0 Å². The molecule has 2 amide bonds. The zero-order valence-corrected chi connectivity index (χ0v) is 10.7. The standard InChI is InChI=1S/C10H20N2O8/c13-3-1-5-6(14)8(7(15)9(16)20-5)19-4-2-11-10(17)12-18/h5-9,13-16,18H,1-4H2,(H2,11,12,17)/t5?,6-,7-,8+,9?/m1/s1. The molecule has 0 aromatic carbocycles. The smallest absolute Gasteiger partial charge is 0.338 e. The van der Waals surface area contributed by atoms with Gasteiger partial charge in [0.1, 0.15) is 18.3 Å². The van der Waals surface area contributed by atoms with Gasteiger partial charge in [0.2, 0.25) is 0 Å². The van der Waals surface area contributed by atoms with E-state index in [1.807, 2.05) is 0 Å². The molecule has 1 heterocycles.